The summed E-state index contributed by atoms with van der Waals surface area (Å²) in [4.78, 5) is 2.18. The predicted molar refractivity (Wildman–Crippen MR) is 212 cm³/mol. The highest BCUT2D eigenvalue weighted by molar-refractivity contribution is 8.77. The van der Waals surface area contributed by atoms with E-state index >= 15 is 0 Å². The molecule has 7 nitrogen and oxygen atoms in total. The molecule has 0 aromatic heterocycles. The van der Waals surface area contributed by atoms with Gasteiger partial charge in [0.15, 0.2) is 0 Å². The number of halogens is 9. The van der Waals surface area contributed by atoms with Crippen LogP contribution < -0.4 is 4.74 Å². The minimum absolute atomic E-state index is 0.00703. The van der Waals surface area contributed by atoms with E-state index in [1.807, 2.05) is 27.7 Å². The van der Waals surface area contributed by atoms with E-state index in [0.29, 0.717) is 56.6 Å². The maximum atomic E-state index is 13.2. The second kappa shape index (κ2) is 21.5. The summed E-state index contributed by atoms with van der Waals surface area (Å²) in [6.07, 6.45) is -14.1. The molecule has 0 amide bonds. The fraction of sp³-hybridized carbons (Fsp3) is 0.854. The van der Waals surface area contributed by atoms with Gasteiger partial charge < -0.3 is 28.4 Å². The maximum Gasteiger partial charge on any atom is 0.435 e. The van der Waals surface area contributed by atoms with Crippen LogP contribution in [0, 0.1) is 23.2 Å². The molecule has 5 atom stereocenters. The summed E-state index contributed by atoms with van der Waals surface area (Å²) in [7, 11) is 9.17. The van der Waals surface area contributed by atoms with Crippen molar-refractivity contribution in [3.05, 3.63) is 29.3 Å². The molecule has 0 radical (unpaired) electrons. The molecular weight excluding hydrogens is 838 g/mol. The van der Waals surface area contributed by atoms with Gasteiger partial charge in [-0.2, -0.15) is 39.5 Å². The average Bonchev–Trinajstić information content (AvgIpc) is 3.47. The van der Waals surface area contributed by atoms with Crippen molar-refractivity contribution in [1.82, 2.24) is 4.90 Å². The van der Waals surface area contributed by atoms with Crippen LogP contribution in [0.25, 0.3) is 0 Å². The fourth-order valence-electron chi connectivity index (χ4n) is 9.48. The van der Waals surface area contributed by atoms with Crippen LogP contribution in [0.3, 0.4) is 0 Å². The van der Waals surface area contributed by atoms with Crippen molar-refractivity contribution < 1.29 is 67.9 Å². The molecule has 5 unspecified atom stereocenters. The molecule has 1 aromatic rings. The Balaban J connectivity index is 1.19. The Labute approximate surface area is 351 Å². The standard InChI is InChI=1S/C41H62F9NO6S2/c1-36(2,59-58-22-8-18-54-21-16-28(24-52-5)25-53-6)26-51(4)27-56-30-10-12-31-29(23-30)9-11-33-32(31)15-17-37(3)34(33)13-14-35(37)55-19-7-20-57-38(39(42,43)44,40(45,46)47)41(48,49)50/h10,12,23,28,32-35H,7-9,11,13-22,24-27H2,1-6H3. The van der Waals surface area contributed by atoms with Crippen molar-refractivity contribution in [2.75, 3.05) is 79.9 Å². The lowest BCUT2D eigenvalue weighted by Gasteiger charge is -2.50. The van der Waals surface area contributed by atoms with Gasteiger partial charge in [-0.15, -0.1) is 0 Å². The van der Waals surface area contributed by atoms with Crippen LogP contribution in [-0.2, 0) is 30.1 Å². The summed E-state index contributed by atoms with van der Waals surface area (Å²) in [5.74, 6) is 3.19. The van der Waals surface area contributed by atoms with Gasteiger partial charge in [0.1, 0.15) is 12.5 Å². The molecule has 1 aromatic carbocycles. The normalized spacial score (nSPS) is 24.1. The Morgan fingerprint density at radius 3 is 2.17 bits per heavy atom. The van der Waals surface area contributed by atoms with Gasteiger partial charge in [-0.3, -0.25) is 4.90 Å². The van der Waals surface area contributed by atoms with E-state index in [1.54, 1.807) is 14.2 Å². The number of hydrogen-bond donors (Lipinski definition) is 0. The van der Waals surface area contributed by atoms with Crippen LogP contribution in [0.5, 0.6) is 5.75 Å². The van der Waals surface area contributed by atoms with Crippen molar-refractivity contribution in [3.8, 4) is 5.75 Å². The second-order valence-corrected chi connectivity index (χ2v) is 20.2. The van der Waals surface area contributed by atoms with Gasteiger partial charge in [-0.05, 0) is 125 Å². The van der Waals surface area contributed by atoms with Gasteiger partial charge in [-0.25, -0.2) is 0 Å². The number of benzene rings is 1. The summed E-state index contributed by atoms with van der Waals surface area (Å²) in [5, 5.41) is 0. The third kappa shape index (κ3) is 12.7. The summed E-state index contributed by atoms with van der Waals surface area (Å²) in [5.41, 5.74) is -3.94. The molecule has 3 aliphatic rings. The molecule has 0 N–H and O–H groups in total. The van der Waals surface area contributed by atoms with E-state index in [0.717, 1.165) is 69.6 Å². The van der Waals surface area contributed by atoms with Gasteiger partial charge in [0, 0.05) is 57.0 Å². The smallest absolute Gasteiger partial charge is 0.435 e. The molecule has 59 heavy (non-hydrogen) atoms. The van der Waals surface area contributed by atoms with Crippen molar-refractivity contribution in [1.29, 1.82) is 0 Å². The molecule has 342 valence electrons. The Hall–Kier alpha value is -1.15. The minimum atomic E-state index is -6.74. The van der Waals surface area contributed by atoms with Crippen LogP contribution in [0.15, 0.2) is 18.2 Å². The minimum Gasteiger partial charge on any atom is -0.478 e. The largest absolute Gasteiger partial charge is 0.478 e. The van der Waals surface area contributed by atoms with E-state index in [-0.39, 0.29) is 22.9 Å². The molecule has 0 bridgehead atoms. The molecule has 2 fully saturated rings. The van der Waals surface area contributed by atoms with Gasteiger partial charge in [0.05, 0.1) is 25.9 Å². The van der Waals surface area contributed by atoms with Crippen LogP contribution in [-0.4, -0.2) is 120 Å². The summed E-state index contributed by atoms with van der Waals surface area (Å²) in [6, 6.07) is 6.35. The first kappa shape index (κ1) is 50.5. The first-order valence-electron chi connectivity index (χ1n) is 20.4. The van der Waals surface area contributed by atoms with Gasteiger partial charge in [0.2, 0.25) is 0 Å². The molecule has 0 spiro atoms. The molecule has 2 saturated carbocycles. The topological polar surface area (TPSA) is 58.6 Å². The first-order valence-corrected chi connectivity index (χ1v) is 22.7. The molecule has 3 aliphatic carbocycles. The summed E-state index contributed by atoms with van der Waals surface area (Å²) in [6.45, 7) is 8.89. The number of aryl methyl sites for hydroxylation is 1. The number of nitrogens with zero attached hydrogens (tertiary/aromatic N) is 1. The lowest BCUT2D eigenvalue weighted by Crippen LogP contribution is -2.67. The quantitative estimate of drug-likeness (QED) is 0.0437. The maximum absolute atomic E-state index is 13.2. The van der Waals surface area contributed by atoms with E-state index in [2.05, 4.69) is 49.6 Å². The van der Waals surface area contributed by atoms with Crippen LogP contribution >= 0.6 is 21.6 Å². The van der Waals surface area contributed by atoms with E-state index in [9.17, 15) is 39.5 Å². The second-order valence-electron chi connectivity index (χ2n) is 17.1. The number of hydrogen-bond acceptors (Lipinski definition) is 9. The highest BCUT2D eigenvalue weighted by atomic mass is 33.1. The van der Waals surface area contributed by atoms with Crippen molar-refractivity contribution in [2.45, 2.75) is 119 Å². The Kier molecular flexibility index (Phi) is 18.4. The monoisotopic (exact) mass is 899 g/mol. The Morgan fingerprint density at radius 2 is 1.53 bits per heavy atom. The zero-order valence-electron chi connectivity index (χ0n) is 35.0. The van der Waals surface area contributed by atoms with Crippen molar-refractivity contribution in [2.24, 2.45) is 23.2 Å². The molecule has 4 rings (SSSR count). The van der Waals surface area contributed by atoms with E-state index in [4.69, 9.17) is 23.7 Å². The van der Waals surface area contributed by atoms with Gasteiger partial charge in [-0.1, -0.05) is 34.6 Å². The Bertz CT molecular complexity index is 1390. The van der Waals surface area contributed by atoms with Gasteiger partial charge >= 0.3 is 24.1 Å². The van der Waals surface area contributed by atoms with Crippen molar-refractivity contribution in [3.63, 3.8) is 0 Å². The Morgan fingerprint density at radius 1 is 0.847 bits per heavy atom. The number of alkyl halides is 9. The summed E-state index contributed by atoms with van der Waals surface area (Å²) >= 11 is 0. The molecular formula is C41H62F9NO6S2. The van der Waals surface area contributed by atoms with Crippen LogP contribution in [0.1, 0.15) is 89.2 Å². The van der Waals surface area contributed by atoms with Crippen LogP contribution in [0.2, 0.25) is 0 Å². The summed E-state index contributed by atoms with van der Waals surface area (Å²) < 4.78 is 151. The third-order valence-corrected chi connectivity index (χ3v) is 15.5. The number of fused-ring (bicyclic) bond motifs is 5. The van der Waals surface area contributed by atoms with Gasteiger partial charge in [0.25, 0.3) is 0 Å². The van der Waals surface area contributed by atoms with Crippen LogP contribution in [0.4, 0.5) is 39.5 Å². The third-order valence-electron chi connectivity index (χ3n) is 12.1. The molecule has 0 heterocycles. The lowest BCUT2D eigenvalue weighted by atomic mass is 9.55. The SMILES string of the molecule is COCC(CCOCCCSSC(C)(C)CN(C)COc1ccc2c(c1)CCC1C2CCC2(C)C(OCCCOC(C(F)(F)F)(C(F)(F)F)C(F)(F)F)CCC12)COC. The van der Waals surface area contributed by atoms with E-state index in [1.165, 1.54) is 11.1 Å². The van der Waals surface area contributed by atoms with Crippen molar-refractivity contribution >= 4 is 21.6 Å². The molecule has 0 aliphatic heterocycles. The zero-order valence-corrected chi connectivity index (χ0v) is 36.6. The lowest BCUT2D eigenvalue weighted by molar-refractivity contribution is -0.457. The first-order chi connectivity index (χ1) is 27.6. The molecule has 18 heteroatoms. The zero-order chi connectivity index (χ0) is 43.7. The molecule has 0 saturated heterocycles. The number of rotatable bonds is 24. The highest BCUT2D eigenvalue weighted by Gasteiger charge is 2.85. The average molecular weight is 900 g/mol. The van der Waals surface area contributed by atoms with E-state index < -0.39 is 37.2 Å². The highest BCUT2D eigenvalue weighted by Crippen LogP contribution is 2.62. The fourth-order valence-corrected chi connectivity index (χ4v) is 12.1. The predicted octanol–water partition coefficient (Wildman–Crippen LogP) is 10.9. The number of ether oxygens (including phenoxy) is 6. The number of methoxy groups -OCH3 is 2.